The Hall–Kier alpha value is -3.86. The van der Waals surface area contributed by atoms with Crippen LogP contribution < -0.4 is 14.4 Å². The van der Waals surface area contributed by atoms with Crippen LogP contribution in [0.1, 0.15) is 12.5 Å². The molecule has 7 nitrogen and oxygen atoms in total. The number of hydrogen-bond donors (Lipinski definition) is 1. The van der Waals surface area contributed by atoms with E-state index in [0.29, 0.717) is 23.7 Å². The number of rotatable bonds is 10. The molecule has 0 unspecified atom stereocenters. The van der Waals surface area contributed by atoms with Crippen LogP contribution in [0.2, 0.25) is 0 Å². The fourth-order valence-corrected chi connectivity index (χ4v) is 7.15. The van der Waals surface area contributed by atoms with Crippen molar-refractivity contribution in [2.45, 2.75) is 23.6 Å². The maximum Gasteiger partial charge on any atom is 0.264 e. The van der Waals surface area contributed by atoms with Gasteiger partial charge in [-0.1, -0.05) is 6.07 Å². The van der Waals surface area contributed by atoms with Gasteiger partial charge in [-0.3, -0.25) is 9.10 Å². The smallest absolute Gasteiger partial charge is 0.264 e. The molecule has 0 saturated carbocycles. The second-order valence-electron chi connectivity index (χ2n) is 9.23. The number of aromatic nitrogens is 1. The summed E-state index contributed by atoms with van der Waals surface area (Å²) in [6, 6.07) is 26.8. The van der Waals surface area contributed by atoms with Gasteiger partial charge in [-0.05, 0) is 111 Å². The number of carbonyl (C=O) groups excluding carboxylic acids is 1. The van der Waals surface area contributed by atoms with Gasteiger partial charge >= 0.3 is 0 Å². The van der Waals surface area contributed by atoms with Crippen LogP contribution in [0.15, 0.2) is 101 Å². The number of aryl methyl sites for hydroxylation is 1. The molecule has 5 rings (SSSR count). The Bertz CT molecular complexity index is 1770. The van der Waals surface area contributed by atoms with Crippen LogP contribution in [0.3, 0.4) is 0 Å². The minimum Gasteiger partial charge on any atom is -0.494 e. The molecule has 1 heterocycles. The lowest BCUT2D eigenvalue weighted by molar-refractivity contribution is -0.114. The van der Waals surface area contributed by atoms with Crippen LogP contribution in [0.5, 0.6) is 5.75 Å². The molecule has 0 saturated heterocycles. The monoisotopic (exact) mass is 603 g/mol. The quantitative estimate of drug-likeness (QED) is 0.170. The zero-order chi connectivity index (χ0) is 29.0. The minimum absolute atomic E-state index is 0.104. The van der Waals surface area contributed by atoms with E-state index in [1.54, 1.807) is 72.0 Å². The Morgan fingerprint density at radius 3 is 2.34 bits per heavy atom. The van der Waals surface area contributed by atoms with Crippen molar-refractivity contribution < 1.29 is 17.9 Å². The standard InChI is InChI=1S/C31H29N3O4S3/c1-4-38-25-12-10-24(11-13-25)34(41(36,37)27-16-14-26(39-3)15-17-27)20-30(35)32-23-8-6-22(7-9-23)31-33-28-18-5-21(2)19-29(28)40-31/h5-19H,4,20H2,1-3H3,(H,32,35). The van der Waals surface area contributed by atoms with Crippen molar-refractivity contribution in [2.75, 3.05) is 29.0 Å². The summed E-state index contributed by atoms with van der Waals surface area (Å²) in [6.45, 7) is 4.02. The lowest BCUT2D eigenvalue weighted by Gasteiger charge is -2.24. The first kappa shape index (κ1) is 28.7. The van der Waals surface area contributed by atoms with E-state index in [2.05, 4.69) is 18.3 Å². The highest BCUT2D eigenvalue weighted by molar-refractivity contribution is 7.98. The van der Waals surface area contributed by atoms with Crippen molar-refractivity contribution in [2.24, 2.45) is 0 Å². The van der Waals surface area contributed by atoms with Gasteiger partial charge < -0.3 is 10.1 Å². The van der Waals surface area contributed by atoms with E-state index >= 15 is 0 Å². The van der Waals surface area contributed by atoms with Crippen LogP contribution in [-0.2, 0) is 14.8 Å². The van der Waals surface area contributed by atoms with Crippen molar-refractivity contribution in [3.8, 4) is 16.3 Å². The molecule has 210 valence electrons. The van der Waals surface area contributed by atoms with Crippen molar-refractivity contribution in [1.29, 1.82) is 0 Å². The number of benzene rings is 4. The highest BCUT2D eigenvalue weighted by Gasteiger charge is 2.27. The number of thioether (sulfide) groups is 1. The Morgan fingerprint density at radius 2 is 1.68 bits per heavy atom. The van der Waals surface area contributed by atoms with Gasteiger partial charge in [-0.2, -0.15) is 0 Å². The molecule has 1 amide bonds. The number of carbonyl (C=O) groups is 1. The molecule has 0 aliphatic heterocycles. The first-order chi connectivity index (χ1) is 19.8. The summed E-state index contributed by atoms with van der Waals surface area (Å²) in [5, 5.41) is 3.73. The third kappa shape index (κ3) is 6.56. The molecular weight excluding hydrogens is 575 g/mol. The molecule has 10 heteroatoms. The van der Waals surface area contributed by atoms with Gasteiger partial charge in [0.25, 0.3) is 10.0 Å². The van der Waals surface area contributed by atoms with Gasteiger partial charge in [0.1, 0.15) is 17.3 Å². The summed E-state index contributed by atoms with van der Waals surface area (Å²) in [5.74, 6) is 0.150. The summed E-state index contributed by atoms with van der Waals surface area (Å²) in [7, 11) is -4.03. The lowest BCUT2D eigenvalue weighted by Crippen LogP contribution is -2.38. The third-order valence-electron chi connectivity index (χ3n) is 6.33. The number of hydrogen-bond acceptors (Lipinski definition) is 7. The topological polar surface area (TPSA) is 88.6 Å². The predicted molar refractivity (Wildman–Crippen MR) is 169 cm³/mol. The SMILES string of the molecule is CCOc1ccc(N(CC(=O)Nc2ccc(-c3nc4ccc(C)cc4s3)cc2)S(=O)(=O)c2ccc(SC)cc2)cc1. The zero-order valence-corrected chi connectivity index (χ0v) is 25.3. The van der Waals surface area contributed by atoms with Crippen molar-refractivity contribution in [1.82, 2.24) is 4.98 Å². The van der Waals surface area contributed by atoms with Crippen molar-refractivity contribution in [3.05, 3.63) is 96.6 Å². The zero-order valence-electron chi connectivity index (χ0n) is 22.8. The maximum atomic E-state index is 13.7. The van der Waals surface area contributed by atoms with E-state index in [1.165, 1.54) is 17.3 Å². The molecule has 0 atom stereocenters. The fraction of sp³-hybridized carbons (Fsp3) is 0.161. The van der Waals surface area contributed by atoms with Crippen LogP contribution in [-0.4, -0.2) is 38.7 Å². The molecule has 0 bridgehead atoms. The lowest BCUT2D eigenvalue weighted by atomic mass is 10.2. The molecule has 0 fully saturated rings. The van der Waals surface area contributed by atoms with E-state index in [9.17, 15) is 13.2 Å². The number of amides is 1. The molecule has 5 aromatic rings. The molecule has 0 aliphatic carbocycles. The first-order valence-electron chi connectivity index (χ1n) is 12.9. The van der Waals surface area contributed by atoms with E-state index in [1.807, 2.05) is 37.4 Å². The average Bonchev–Trinajstić information content (AvgIpc) is 3.40. The normalized spacial score (nSPS) is 11.4. The van der Waals surface area contributed by atoms with Gasteiger partial charge in [-0.15, -0.1) is 23.1 Å². The third-order valence-corrected chi connectivity index (χ3v) is 9.93. The Kier molecular flexibility index (Phi) is 8.63. The highest BCUT2D eigenvalue weighted by atomic mass is 32.2. The molecule has 0 aliphatic rings. The van der Waals surface area contributed by atoms with E-state index in [0.717, 1.165) is 30.0 Å². The highest BCUT2D eigenvalue weighted by Crippen LogP contribution is 2.32. The molecule has 0 radical (unpaired) electrons. The molecule has 41 heavy (non-hydrogen) atoms. The molecule has 1 aromatic heterocycles. The number of nitrogens with one attached hydrogen (secondary N) is 1. The van der Waals surface area contributed by atoms with Gasteiger partial charge in [0.2, 0.25) is 5.91 Å². The van der Waals surface area contributed by atoms with Gasteiger partial charge in [0.15, 0.2) is 0 Å². The Balaban J connectivity index is 1.36. The average molecular weight is 604 g/mol. The number of fused-ring (bicyclic) bond motifs is 1. The first-order valence-corrected chi connectivity index (χ1v) is 16.4. The molecule has 0 spiro atoms. The van der Waals surface area contributed by atoms with E-state index < -0.39 is 22.5 Å². The van der Waals surface area contributed by atoms with Crippen LogP contribution in [0.25, 0.3) is 20.8 Å². The van der Waals surface area contributed by atoms with E-state index in [-0.39, 0.29) is 4.90 Å². The number of anilines is 2. The summed E-state index contributed by atoms with van der Waals surface area (Å²) >= 11 is 3.14. The largest absolute Gasteiger partial charge is 0.494 e. The number of thiazole rings is 1. The number of sulfonamides is 1. The van der Waals surface area contributed by atoms with Gasteiger partial charge in [0, 0.05) is 16.1 Å². The second-order valence-corrected chi connectivity index (χ2v) is 13.0. The molecular formula is C31H29N3O4S3. The summed E-state index contributed by atoms with van der Waals surface area (Å²) < 4.78 is 35.2. The maximum absolute atomic E-state index is 13.7. The summed E-state index contributed by atoms with van der Waals surface area (Å²) in [5.41, 5.74) is 3.99. The van der Waals surface area contributed by atoms with E-state index in [4.69, 9.17) is 9.72 Å². The van der Waals surface area contributed by atoms with Gasteiger partial charge in [-0.25, -0.2) is 13.4 Å². The van der Waals surface area contributed by atoms with Crippen LogP contribution in [0.4, 0.5) is 11.4 Å². The predicted octanol–water partition coefficient (Wildman–Crippen LogP) is 7.23. The number of ether oxygens (including phenoxy) is 1. The van der Waals surface area contributed by atoms with Crippen molar-refractivity contribution in [3.63, 3.8) is 0 Å². The van der Waals surface area contributed by atoms with Crippen molar-refractivity contribution >= 4 is 60.6 Å². The summed E-state index contributed by atoms with van der Waals surface area (Å²) in [6.07, 6.45) is 1.92. The van der Waals surface area contributed by atoms with Gasteiger partial charge in [0.05, 0.1) is 27.4 Å². The number of nitrogens with zero attached hydrogens (tertiary/aromatic N) is 2. The van der Waals surface area contributed by atoms with Crippen LogP contribution in [0, 0.1) is 6.92 Å². The second kappa shape index (κ2) is 12.3. The molecule has 1 N–H and O–H groups in total. The Morgan fingerprint density at radius 1 is 0.976 bits per heavy atom. The Labute approximate surface area is 248 Å². The molecule has 4 aromatic carbocycles. The minimum atomic E-state index is -4.03. The van der Waals surface area contributed by atoms with Crippen LogP contribution >= 0.6 is 23.1 Å². The summed E-state index contributed by atoms with van der Waals surface area (Å²) in [4.78, 5) is 19.0. The fourth-order valence-electron chi connectivity index (χ4n) is 4.25.